The molecule has 1 amide bonds. The Labute approximate surface area is 180 Å². The molecule has 8 heteroatoms. The summed E-state index contributed by atoms with van der Waals surface area (Å²) in [5, 5.41) is 2.73. The number of anilines is 2. The van der Waals surface area contributed by atoms with Crippen LogP contribution in [0.15, 0.2) is 88.7 Å². The van der Waals surface area contributed by atoms with Gasteiger partial charge in [-0.05, 0) is 54.6 Å². The van der Waals surface area contributed by atoms with Crippen LogP contribution in [0.1, 0.15) is 6.42 Å². The lowest BCUT2D eigenvalue weighted by Crippen LogP contribution is -2.26. The highest BCUT2D eigenvalue weighted by atomic mass is 32.2. The van der Waals surface area contributed by atoms with Crippen molar-refractivity contribution in [1.29, 1.82) is 0 Å². The maximum Gasteiger partial charge on any atom is 0.264 e. The molecule has 3 aromatic rings. The normalized spacial score (nSPS) is 11.1. The van der Waals surface area contributed by atoms with Crippen LogP contribution in [0.2, 0.25) is 0 Å². The van der Waals surface area contributed by atoms with Crippen molar-refractivity contribution in [1.82, 2.24) is 0 Å². The number of carbonyl (C=O) groups excluding carboxylic acids is 1. The Balaban J connectivity index is 1.62. The molecular formula is C22H21FN2O3S2. The average molecular weight is 445 g/mol. The van der Waals surface area contributed by atoms with E-state index in [1.165, 1.54) is 47.4 Å². The van der Waals surface area contributed by atoms with E-state index in [9.17, 15) is 17.6 Å². The fourth-order valence-corrected chi connectivity index (χ4v) is 4.78. The zero-order valence-corrected chi connectivity index (χ0v) is 17.9. The summed E-state index contributed by atoms with van der Waals surface area (Å²) in [7, 11) is -2.27. The summed E-state index contributed by atoms with van der Waals surface area (Å²) < 4.78 is 39.9. The number of para-hydroxylation sites is 1. The third-order valence-corrected chi connectivity index (χ3v) is 7.10. The smallest absolute Gasteiger partial charge is 0.264 e. The molecule has 0 radical (unpaired) electrons. The molecule has 0 atom stereocenters. The van der Waals surface area contributed by atoms with Gasteiger partial charge in [-0.3, -0.25) is 9.10 Å². The van der Waals surface area contributed by atoms with Gasteiger partial charge in [-0.2, -0.15) is 0 Å². The first-order valence-electron chi connectivity index (χ1n) is 9.18. The summed E-state index contributed by atoms with van der Waals surface area (Å²) in [5.41, 5.74) is 0.957. The van der Waals surface area contributed by atoms with Crippen LogP contribution >= 0.6 is 11.8 Å². The zero-order valence-electron chi connectivity index (χ0n) is 16.3. The molecule has 156 valence electrons. The Kier molecular flexibility index (Phi) is 7.12. The van der Waals surface area contributed by atoms with Gasteiger partial charge in [0.05, 0.1) is 10.6 Å². The molecule has 0 aliphatic carbocycles. The van der Waals surface area contributed by atoms with Gasteiger partial charge in [-0.1, -0.05) is 24.3 Å². The first-order valence-corrected chi connectivity index (χ1v) is 11.6. The second kappa shape index (κ2) is 9.77. The number of halogens is 1. The van der Waals surface area contributed by atoms with Gasteiger partial charge in [-0.15, -0.1) is 11.8 Å². The van der Waals surface area contributed by atoms with Gasteiger partial charge in [-0.25, -0.2) is 12.8 Å². The molecule has 0 spiro atoms. The lowest BCUT2D eigenvalue weighted by Gasteiger charge is -2.19. The number of rotatable bonds is 8. The van der Waals surface area contributed by atoms with Crippen LogP contribution in [0.25, 0.3) is 0 Å². The number of carbonyl (C=O) groups is 1. The molecule has 0 bridgehead atoms. The van der Waals surface area contributed by atoms with Crippen molar-refractivity contribution in [2.24, 2.45) is 0 Å². The van der Waals surface area contributed by atoms with E-state index in [1.807, 2.05) is 6.07 Å². The third kappa shape index (κ3) is 5.61. The van der Waals surface area contributed by atoms with Crippen molar-refractivity contribution in [2.45, 2.75) is 16.2 Å². The van der Waals surface area contributed by atoms with Crippen molar-refractivity contribution in [3.05, 3.63) is 84.7 Å². The molecular weight excluding hydrogens is 423 g/mol. The number of hydrogen-bond acceptors (Lipinski definition) is 4. The lowest BCUT2D eigenvalue weighted by molar-refractivity contribution is -0.115. The van der Waals surface area contributed by atoms with E-state index < -0.39 is 10.0 Å². The summed E-state index contributed by atoms with van der Waals surface area (Å²) in [6, 6.07) is 21.0. The number of sulfonamides is 1. The van der Waals surface area contributed by atoms with Crippen LogP contribution < -0.4 is 9.62 Å². The average Bonchev–Trinajstić information content (AvgIpc) is 2.75. The van der Waals surface area contributed by atoms with E-state index in [4.69, 9.17) is 0 Å². The van der Waals surface area contributed by atoms with E-state index in [-0.39, 0.29) is 23.0 Å². The summed E-state index contributed by atoms with van der Waals surface area (Å²) in [6.07, 6.45) is 0.239. The van der Waals surface area contributed by atoms with E-state index in [0.717, 1.165) is 4.90 Å². The molecule has 3 aromatic carbocycles. The van der Waals surface area contributed by atoms with Crippen LogP contribution in [0, 0.1) is 5.82 Å². The van der Waals surface area contributed by atoms with Gasteiger partial charge in [0, 0.05) is 29.8 Å². The quantitative estimate of drug-likeness (QED) is 0.508. The first kappa shape index (κ1) is 21.9. The van der Waals surface area contributed by atoms with Crippen LogP contribution in [-0.2, 0) is 14.8 Å². The van der Waals surface area contributed by atoms with Crippen LogP contribution in [-0.4, -0.2) is 27.1 Å². The first-order chi connectivity index (χ1) is 14.4. The molecule has 0 aliphatic heterocycles. The fraction of sp³-hybridized carbons (Fsp3) is 0.136. The van der Waals surface area contributed by atoms with Gasteiger partial charge in [0.1, 0.15) is 5.82 Å². The number of hydrogen-bond donors (Lipinski definition) is 1. The van der Waals surface area contributed by atoms with Gasteiger partial charge in [0.25, 0.3) is 10.0 Å². The Morgan fingerprint density at radius 1 is 1.00 bits per heavy atom. The molecule has 0 saturated carbocycles. The van der Waals surface area contributed by atoms with Crippen LogP contribution in [0.5, 0.6) is 0 Å². The number of thioether (sulfide) groups is 1. The standard InChI is InChI=1S/C22H21FN2O3S2/c1-25(19-7-3-2-4-8-19)30(27,28)21-9-5-6-18(16-21)24-22(26)14-15-29-20-12-10-17(23)11-13-20/h2-13,16H,14-15H2,1H3,(H,24,26). The maximum atomic E-state index is 12.9. The van der Waals surface area contributed by atoms with Crippen molar-refractivity contribution in [2.75, 3.05) is 22.4 Å². The van der Waals surface area contributed by atoms with Gasteiger partial charge in [0.2, 0.25) is 5.91 Å². The second-order valence-corrected chi connectivity index (χ2v) is 9.57. The largest absolute Gasteiger partial charge is 0.326 e. The lowest BCUT2D eigenvalue weighted by atomic mass is 10.3. The number of nitrogens with one attached hydrogen (secondary N) is 1. The SMILES string of the molecule is CN(c1ccccc1)S(=O)(=O)c1cccc(NC(=O)CCSc2ccc(F)cc2)c1. The molecule has 0 saturated heterocycles. The molecule has 0 heterocycles. The molecule has 0 aromatic heterocycles. The van der Waals surface area contributed by atoms with Crippen LogP contribution in [0.3, 0.4) is 0 Å². The molecule has 5 nitrogen and oxygen atoms in total. The highest BCUT2D eigenvalue weighted by Crippen LogP contribution is 2.24. The fourth-order valence-electron chi connectivity index (χ4n) is 2.69. The predicted molar refractivity (Wildman–Crippen MR) is 119 cm³/mol. The summed E-state index contributed by atoms with van der Waals surface area (Å²) in [4.78, 5) is 13.2. The van der Waals surface area contributed by atoms with Crippen LogP contribution in [0.4, 0.5) is 15.8 Å². The molecule has 30 heavy (non-hydrogen) atoms. The summed E-state index contributed by atoms with van der Waals surface area (Å²) in [5.74, 6) is -0.00736. The van der Waals surface area contributed by atoms with E-state index in [1.54, 1.807) is 48.5 Å². The van der Waals surface area contributed by atoms with Crippen molar-refractivity contribution in [3.8, 4) is 0 Å². The van der Waals surface area contributed by atoms with E-state index in [2.05, 4.69) is 5.32 Å². The highest BCUT2D eigenvalue weighted by Gasteiger charge is 2.21. The number of nitrogens with zero attached hydrogens (tertiary/aromatic N) is 1. The maximum absolute atomic E-state index is 12.9. The number of amides is 1. The predicted octanol–water partition coefficient (Wildman–Crippen LogP) is 4.77. The van der Waals surface area contributed by atoms with E-state index >= 15 is 0 Å². The minimum atomic E-state index is -3.76. The second-order valence-electron chi connectivity index (χ2n) is 6.44. The summed E-state index contributed by atoms with van der Waals surface area (Å²) >= 11 is 1.45. The monoisotopic (exact) mass is 444 g/mol. The van der Waals surface area contributed by atoms with Crippen molar-refractivity contribution < 1.29 is 17.6 Å². The van der Waals surface area contributed by atoms with Gasteiger partial charge < -0.3 is 5.32 Å². The Bertz CT molecular complexity index is 1100. The van der Waals surface area contributed by atoms with Crippen molar-refractivity contribution >= 4 is 39.1 Å². The highest BCUT2D eigenvalue weighted by molar-refractivity contribution is 7.99. The number of benzene rings is 3. The zero-order chi connectivity index (χ0) is 21.6. The van der Waals surface area contributed by atoms with Gasteiger partial charge >= 0.3 is 0 Å². The Morgan fingerprint density at radius 2 is 1.70 bits per heavy atom. The topological polar surface area (TPSA) is 66.5 Å². The summed E-state index contributed by atoms with van der Waals surface area (Å²) in [6.45, 7) is 0. The molecule has 3 rings (SSSR count). The Hall–Kier alpha value is -2.84. The molecule has 1 N–H and O–H groups in total. The minimum Gasteiger partial charge on any atom is -0.326 e. The minimum absolute atomic E-state index is 0.0901. The molecule has 0 aliphatic rings. The molecule has 0 unspecified atom stereocenters. The Morgan fingerprint density at radius 3 is 2.40 bits per heavy atom. The van der Waals surface area contributed by atoms with E-state index in [0.29, 0.717) is 17.1 Å². The molecule has 0 fully saturated rings. The van der Waals surface area contributed by atoms with Crippen molar-refractivity contribution in [3.63, 3.8) is 0 Å². The van der Waals surface area contributed by atoms with Gasteiger partial charge in [0.15, 0.2) is 0 Å². The third-order valence-electron chi connectivity index (χ3n) is 4.31.